The van der Waals surface area contributed by atoms with Crippen molar-refractivity contribution in [2.45, 2.75) is 142 Å². The van der Waals surface area contributed by atoms with Crippen molar-refractivity contribution < 1.29 is 57.1 Å². The van der Waals surface area contributed by atoms with Crippen LogP contribution in [-0.2, 0) is 38.8 Å². The first-order valence-electron chi connectivity index (χ1n) is 18.2. The van der Waals surface area contributed by atoms with Gasteiger partial charge in [0.1, 0.15) is 13.1 Å². The van der Waals surface area contributed by atoms with E-state index in [-0.39, 0.29) is 48.0 Å². The molecule has 0 amide bonds. The normalized spacial score (nSPS) is 14.0. The predicted octanol–water partition coefficient (Wildman–Crippen LogP) is 2.88. The second-order valence-corrected chi connectivity index (χ2v) is 13.7. The number of nitrogens with zero attached hydrogens (tertiary/aromatic N) is 2. The second kappa shape index (κ2) is 18.8. The van der Waals surface area contributed by atoms with E-state index >= 15 is 0 Å². The van der Waals surface area contributed by atoms with Crippen LogP contribution in [0.5, 0.6) is 0 Å². The summed E-state index contributed by atoms with van der Waals surface area (Å²) >= 11 is 0. The van der Waals surface area contributed by atoms with Crippen molar-refractivity contribution >= 4 is 33.2 Å². The molecule has 4 nitrogen and oxygen atoms in total. The number of benzene rings is 2. The zero-order chi connectivity index (χ0) is 30.1. The van der Waals surface area contributed by atoms with Gasteiger partial charge >= 0.3 is 0 Å². The second-order valence-electron chi connectivity index (χ2n) is 13.7. The number of hydrogen-bond donors (Lipinski definition) is 2. The molecule has 46 heavy (non-hydrogen) atoms. The molecule has 4 N–H and O–H groups in total. The van der Waals surface area contributed by atoms with E-state index < -0.39 is 0 Å². The maximum absolute atomic E-state index is 6.63. The largest absolute Gasteiger partial charge is 1.00 e. The van der Waals surface area contributed by atoms with Gasteiger partial charge in [0.15, 0.2) is 11.4 Å². The highest BCUT2D eigenvalue weighted by molar-refractivity contribution is 5.90. The molecule has 0 fully saturated rings. The number of hydrogen-bond acceptors (Lipinski definition) is 2. The number of aromatic nitrogens is 2. The zero-order valence-electron chi connectivity index (χ0n) is 28.0. The summed E-state index contributed by atoms with van der Waals surface area (Å²) < 4.78 is 5.23. The van der Waals surface area contributed by atoms with Crippen molar-refractivity contribution in [3.8, 4) is 0 Å². The van der Waals surface area contributed by atoms with Crippen LogP contribution in [0, 0.1) is 0 Å². The molecule has 0 bridgehead atoms. The Morgan fingerprint density at radius 2 is 0.761 bits per heavy atom. The molecule has 0 radical (unpaired) electrons. The molecule has 0 aliphatic heterocycles. The predicted molar refractivity (Wildman–Crippen MR) is 186 cm³/mol. The maximum atomic E-state index is 6.63. The van der Waals surface area contributed by atoms with E-state index in [1.807, 2.05) is 0 Å². The number of unbranched alkanes of at least 4 members (excludes halogenated alkanes) is 11. The molecule has 2 heterocycles. The Kier molecular flexibility index (Phi) is 15.1. The van der Waals surface area contributed by atoms with Gasteiger partial charge in [-0.05, 0) is 63.5 Å². The molecule has 0 unspecified atom stereocenters. The monoisotopic (exact) mass is 846 g/mol. The van der Waals surface area contributed by atoms with Crippen LogP contribution in [0.2, 0.25) is 0 Å². The molecule has 0 saturated heterocycles. The third-order valence-corrected chi connectivity index (χ3v) is 10.7. The number of halogens is 2. The van der Waals surface area contributed by atoms with E-state index in [1.165, 1.54) is 160 Å². The molecule has 4 aromatic rings. The van der Waals surface area contributed by atoms with E-state index in [0.29, 0.717) is 0 Å². The van der Waals surface area contributed by atoms with Crippen LogP contribution < -0.4 is 68.6 Å². The number of rotatable bonds is 15. The fourth-order valence-corrected chi connectivity index (χ4v) is 8.26. The Hall–Kier alpha value is -1.68. The van der Waals surface area contributed by atoms with Crippen LogP contribution in [0.3, 0.4) is 0 Å². The summed E-state index contributed by atoms with van der Waals surface area (Å²) in [6, 6.07) is 17.6. The van der Waals surface area contributed by atoms with Gasteiger partial charge in [-0.3, -0.25) is 0 Å². The highest BCUT2D eigenvalue weighted by atomic mass is 127. The molecule has 250 valence electrons. The Balaban J connectivity index is 0.00000240. The molecule has 2 aliphatic carbocycles. The average molecular weight is 847 g/mol. The van der Waals surface area contributed by atoms with Gasteiger partial charge < -0.3 is 59.4 Å². The molecular formula is C40H56I2N4. The van der Waals surface area contributed by atoms with Crippen molar-refractivity contribution in [3.05, 3.63) is 71.0 Å². The molecule has 2 aromatic heterocycles. The van der Waals surface area contributed by atoms with Crippen LogP contribution >= 0.6 is 0 Å². The first-order valence-corrected chi connectivity index (χ1v) is 18.2. The zero-order valence-corrected chi connectivity index (χ0v) is 32.3. The highest BCUT2D eigenvalue weighted by Gasteiger charge is 2.27. The summed E-state index contributed by atoms with van der Waals surface area (Å²) in [6.07, 6.45) is 26.2. The molecule has 0 spiro atoms. The summed E-state index contributed by atoms with van der Waals surface area (Å²) in [4.78, 5) is 0. The number of nitrogens with two attached hydrogens (primary N) is 2. The summed E-state index contributed by atoms with van der Waals surface area (Å²) in [5.74, 6) is 0. The minimum absolute atomic E-state index is 0. The van der Waals surface area contributed by atoms with Gasteiger partial charge in [-0.25, -0.2) is 0 Å². The fourth-order valence-electron chi connectivity index (χ4n) is 8.26. The minimum atomic E-state index is 0. The fraction of sp³-hybridized carbons (Fsp3) is 0.550. The van der Waals surface area contributed by atoms with Gasteiger partial charge in [-0.1, -0.05) is 75.6 Å². The number of fused-ring (bicyclic) bond motifs is 4. The molecule has 2 aromatic carbocycles. The average Bonchev–Trinajstić information content (AvgIpc) is 3.07. The summed E-state index contributed by atoms with van der Waals surface area (Å²) in [5, 5.41) is 2.50. The lowest BCUT2D eigenvalue weighted by Crippen LogP contribution is -3.00. The van der Waals surface area contributed by atoms with Crippen LogP contribution in [-0.4, -0.2) is 0 Å². The molecule has 0 atom stereocenters. The number of pyridine rings is 2. The van der Waals surface area contributed by atoms with E-state index in [0.717, 1.165) is 37.3 Å². The maximum Gasteiger partial charge on any atom is 0.214 e. The molecule has 6 heteroatoms. The van der Waals surface area contributed by atoms with Crippen LogP contribution in [0.4, 0.5) is 11.4 Å². The van der Waals surface area contributed by atoms with Crippen LogP contribution in [0.1, 0.15) is 125 Å². The number of anilines is 2. The third-order valence-electron chi connectivity index (χ3n) is 10.7. The smallest absolute Gasteiger partial charge is 0.214 e. The van der Waals surface area contributed by atoms with E-state index in [1.54, 1.807) is 0 Å². The summed E-state index contributed by atoms with van der Waals surface area (Å²) in [7, 11) is 0. The van der Waals surface area contributed by atoms with Crippen molar-refractivity contribution in [1.29, 1.82) is 0 Å². The van der Waals surface area contributed by atoms with E-state index in [9.17, 15) is 0 Å². The molecule has 2 aliphatic rings. The summed E-state index contributed by atoms with van der Waals surface area (Å²) in [5.41, 5.74) is 23.9. The lowest BCUT2D eigenvalue weighted by Gasteiger charge is -2.18. The number of para-hydroxylation sites is 2. The van der Waals surface area contributed by atoms with Crippen molar-refractivity contribution in [3.63, 3.8) is 0 Å². The third kappa shape index (κ3) is 8.66. The molecular weight excluding hydrogens is 790 g/mol. The SMILES string of the molecule is Nc1c2c([n+](CCCCCCCCCCCCCC[n+]3c4c(c(N)c5ccccc53)CCCC4)c3ccccc13)CCCC2.[I-].[I-]. The van der Waals surface area contributed by atoms with Gasteiger partial charge in [0.25, 0.3) is 0 Å². The summed E-state index contributed by atoms with van der Waals surface area (Å²) in [6.45, 7) is 2.28. The van der Waals surface area contributed by atoms with Gasteiger partial charge in [0, 0.05) is 48.9 Å². The number of nitrogen functional groups attached to an aromatic ring is 2. The van der Waals surface area contributed by atoms with Crippen molar-refractivity contribution in [1.82, 2.24) is 0 Å². The van der Waals surface area contributed by atoms with Crippen LogP contribution in [0.15, 0.2) is 48.5 Å². The van der Waals surface area contributed by atoms with E-state index in [4.69, 9.17) is 11.5 Å². The molecule has 6 rings (SSSR count). The van der Waals surface area contributed by atoms with Crippen molar-refractivity contribution in [2.75, 3.05) is 11.5 Å². The Morgan fingerprint density at radius 1 is 0.435 bits per heavy atom. The van der Waals surface area contributed by atoms with E-state index in [2.05, 4.69) is 57.7 Å². The van der Waals surface area contributed by atoms with Gasteiger partial charge in [0.05, 0.1) is 22.1 Å². The minimum Gasteiger partial charge on any atom is -1.00 e. The van der Waals surface area contributed by atoms with Crippen molar-refractivity contribution in [2.24, 2.45) is 0 Å². The quantitative estimate of drug-likeness (QED) is 0.110. The van der Waals surface area contributed by atoms with Gasteiger partial charge in [-0.15, -0.1) is 0 Å². The van der Waals surface area contributed by atoms with Crippen LogP contribution in [0.25, 0.3) is 21.8 Å². The standard InChI is InChI=1S/C40H54N4.2HI/c41-39-31-21-11-15-25-35(31)43(36-26-16-12-22-32(36)39)29-19-9-7-5-3-1-2-4-6-8-10-20-30-44-37-27-17-13-23-33(37)40(42)34-24-14-18-28-38(34)44;;/h11,13,15,17,21,23,25,27,41-42H,1-10,12,14,16,18-20,22,24,26,28-30H2;2*1H. The lowest BCUT2D eigenvalue weighted by atomic mass is 9.92. The Bertz CT molecular complexity index is 1450. The Labute approximate surface area is 312 Å². The lowest BCUT2D eigenvalue weighted by molar-refractivity contribution is -0.680. The number of aryl methyl sites for hydroxylation is 2. The highest BCUT2D eigenvalue weighted by Crippen LogP contribution is 2.31. The first kappa shape index (κ1) is 37.1. The van der Waals surface area contributed by atoms with Gasteiger partial charge in [0.2, 0.25) is 11.0 Å². The Morgan fingerprint density at radius 3 is 1.15 bits per heavy atom. The molecule has 0 saturated carbocycles. The topological polar surface area (TPSA) is 59.8 Å². The van der Waals surface area contributed by atoms with Gasteiger partial charge in [-0.2, -0.15) is 9.13 Å². The first-order chi connectivity index (χ1) is 21.7.